The molecule has 1 amide bonds. The van der Waals surface area contributed by atoms with Crippen LogP contribution in [-0.2, 0) is 11.3 Å². The highest BCUT2D eigenvalue weighted by Gasteiger charge is 2.42. The second-order valence-corrected chi connectivity index (χ2v) is 8.31. The maximum Gasteiger partial charge on any atom is 0.337 e. The van der Waals surface area contributed by atoms with Crippen LogP contribution in [0.5, 0.6) is 11.5 Å². The van der Waals surface area contributed by atoms with Crippen LogP contribution in [-0.4, -0.2) is 30.7 Å². The molecule has 0 saturated carbocycles. The van der Waals surface area contributed by atoms with Gasteiger partial charge in [-0.3, -0.25) is 9.59 Å². The van der Waals surface area contributed by atoms with E-state index in [-0.39, 0.29) is 36.0 Å². The minimum absolute atomic E-state index is 0.0245. The number of hydrogen-bond donors (Lipinski definition) is 0. The van der Waals surface area contributed by atoms with Crippen LogP contribution in [0.25, 0.3) is 11.0 Å². The summed E-state index contributed by atoms with van der Waals surface area (Å²) in [6.07, 6.45) is 0. The summed E-state index contributed by atoms with van der Waals surface area (Å²) in [6.45, 7) is 0.353. The standard InChI is InChI=1S/C27H19NO7/c1-32-27(31)17-9-7-16(8-10-17)23-22-24(29)18-4-2-3-5-19(18)35-25(22)26(30)28(23)13-15-6-11-20-21(12-15)34-14-33-20/h2-12,23H,13-14H2,1H3/t23-/m0/s1. The van der Waals surface area contributed by atoms with E-state index in [9.17, 15) is 14.4 Å². The molecule has 1 aromatic heterocycles. The average Bonchev–Trinajstić information content (AvgIpc) is 3.46. The Hall–Kier alpha value is -4.59. The van der Waals surface area contributed by atoms with E-state index in [4.69, 9.17) is 18.6 Å². The first-order valence-electron chi connectivity index (χ1n) is 11.0. The normalized spacial score (nSPS) is 16.0. The molecule has 0 spiro atoms. The van der Waals surface area contributed by atoms with Gasteiger partial charge in [0.1, 0.15) is 5.58 Å². The van der Waals surface area contributed by atoms with Crippen LogP contribution in [0.1, 0.15) is 43.6 Å². The van der Waals surface area contributed by atoms with Crippen LogP contribution in [0.3, 0.4) is 0 Å². The smallest absolute Gasteiger partial charge is 0.337 e. The zero-order chi connectivity index (χ0) is 24.1. The first-order valence-corrected chi connectivity index (χ1v) is 11.0. The molecular weight excluding hydrogens is 450 g/mol. The molecule has 174 valence electrons. The number of methoxy groups -OCH3 is 1. The van der Waals surface area contributed by atoms with Crippen molar-refractivity contribution in [2.45, 2.75) is 12.6 Å². The third kappa shape index (κ3) is 3.33. The van der Waals surface area contributed by atoms with Crippen molar-refractivity contribution in [2.75, 3.05) is 13.9 Å². The van der Waals surface area contributed by atoms with E-state index in [1.807, 2.05) is 12.1 Å². The predicted octanol–water partition coefficient (Wildman–Crippen LogP) is 4.05. The first-order chi connectivity index (χ1) is 17.0. The summed E-state index contributed by atoms with van der Waals surface area (Å²) in [5.41, 5.74) is 2.23. The Morgan fingerprint density at radius 1 is 1.00 bits per heavy atom. The van der Waals surface area contributed by atoms with Crippen molar-refractivity contribution in [1.29, 1.82) is 0 Å². The van der Waals surface area contributed by atoms with Gasteiger partial charge in [0.25, 0.3) is 5.91 Å². The maximum absolute atomic E-state index is 13.6. The summed E-state index contributed by atoms with van der Waals surface area (Å²) in [5, 5.41) is 0.403. The maximum atomic E-state index is 13.6. The number of benzene rings is 3. The molecule has 3 aromatic carbocycles. The van der Waals surface area contributed by atoms with Gasteiger partial charge in [0.05, 0.1) is 29.7 Å². The minimum Gasteiger partial charge on any atom is -0.465 e. The quantitative estimate of drug-likeness (QED) is 0.416. The average molecular weight is 469 g/mol. The summed E-state index contributed by atoms with van der Waals surface area (Å²) in [7, 11) is 1.31. The molecule has 0 unspecified atom stereocenters. The topological polar surface area (TPSA) is 95.3 Å². The Morgan fingerprint density at radius 2 is 1.77 bits per heavy atom. The van der Waals surface area contributed by atoms with Crippen LogP contribution in [0.4, 0.5) is 0 Å². The lowest BCUT2D eigenvalue weighted by Gasteiger charge is -2.25. The van der Waals surface area contributed by atoms with Crippen molar-refractivity contribution in [1.82, 2.24) is 4.90 Å². The van der Waals surface area contributed by atoms with Crippen molar-refractivity contribution < 1.29 is 28.2 Å². The molecular formula is C27H19NO7. The van der Waals surface area contributed by atoms with Crippen LogP contribution < -0.4 is 14.9 Å². The number of esters is 1. The number of rotatable bonds is 4. The van der Waals surface area contributed by atoms with Gasteiger partial charge in [-0.25, -0.2) is 4.79 Å². The molecule has 0 fully saturated rings. The van der Waals surface area contributed by atoms with Crippen molar-refractivity contribution >= 4 is 22.8 Å². The van der Waals surface area contributed by atoms with Gasteiger partial charge < -0.3 is 23.5 Å². The Kier molecular flexibility index (Phi) is 4.81. The van der Waals surface area contributed by atoms with Crippen molar-refractivity contribution in [3.8, 4) is 11.5 Å². The highest BCUT2D eigenvalue weighted by Crippen LogP contribution is 2.40. The summed E-state index contributed by atoms with van der Waals surface area (Å²) in [6, 6.07) is 18.3. The number of carbonyl (C=O) groups excluding carboxylic acids is 2. The Morgan fingerprint density at radius 3 is 2.57 bits per heavy atom. The SMILES string of the molecule is COC(=O)c1ccc([C@H]2c3c(oc4ccccc4c3=O)C(=O)N2Cc2ccc3c(c2)OCO3)cc1. The summed E-state index contributed by atoms with van der Waals surface area (Å²) < 4.78 is 21.6. The fourth-order valence-corrected chi connectivity index (χ4v) is 4.63. The highest BCUT2D eigenvalue weighted by atomic mass is 16.7. The van der Waals surface area contributed by atoms with E-state index in [0.717, 1.165) is 5.56 Å². The molecule has 1 atom stereocenters. The van der Waals surface area contributed by atoms with E-state index in [1.165, 1.54) is 7.11 Å². The molecule has 8 heteroatoms. The number of fused-ring (bicyclic) bond motifs is 3. The van der Waals surface area contributed by atoms with E-state index >= 15 is 0 Å². The number of carbonyl (C=O) groups is 2. The third-order valence-corrected chi connectivity index (χ3v) is 6.31. The number of nitrogens with zero attached hydrogens (tertiary/aromatic N) is 1. The van der Waals surface area contributed by atoms with Gasteiger partial charge >= 0.3 is 5.97 Å². The first kappa shape index (κ1) is 21.0. The summed E-state index contributed by atoms with van der Waals surface area (Å²) in [5.74, 6) is 0.412. The van der Waals surface area contributed by atoms with Crippen molar-refractivity contribution in [3.05, 3.63) is 105 Å². The Bertz CT molecular complexity index is 1550. The van der Waals surface area contributed by atoms with Crippen molar-refractivity contribution in [2.24, 2.45) is 0 Å². The van der Waals surface area contributed by atoms with Crippen LogP contribution >= 0.6 is 0 Å². The molecule has 3 heterocycles. The zero-order valence-electron chi connectivity index (χ0n) is 18.6. The lowest BCUT2D eigenvalue weighted by Crippen LogP contribution is -2.29. The minimum atomic E-state index is -0.699. The lowest BCUT2D eigenvalue weighted by molar-refractivity contribution is 0.0599. The summed E-state index contributed by atoms with van der Waals surface area (Å²) >= 11 is 0. The van der Waals surface area contributed by atoms with Crippen LogP contribution in [0, 0.1) is 0 Å². The van der Waals surface area contributed by atoms with Gasteiger partial charge in [-0.1, -0.05) is 30.3 Å². The molecule has 0 aliphatic carbocycles. The van der Waals surface area contributed by atoms with E-state index in [2.05, 4.69) is 0 Å². The van der Waals surface area contributed by atoms with Gasteiger partial charge in [0.15, 0.2) is 16.9 Å². The van der Waals surface area contributed by atoms with E-state index in [1.54, 1.807) is 59.5 Å². The molecule has 0 bridgehead atoms. The molecule has 8 nitrogen and oxygen atoms in total. The zero-order valence-corrected chi connectivity index (χ0v) is 18.6. The number of para-hydroxylation sites is 1. The number of hydrogen-bond acceptors (Lipinski definition) is 7. The molecule has 35 heavy (non-hydrogen) atoms. The molecule has 2 aliphatic heterocycles. The molecule has 0 radical (unpaired) electrons. The van der Waals surface area contributed by atoms with Gasteiger partial charge in [-0.05, 0) is 47.5 Å². The second-order valence-electron chi connectivity index (χ2n) is 8.31. The number of ether oxygens (including phenoxy) is 3. The fourth-order valence-electron chi connectivity index (χ4n) is 4.63. The Balaban J connectivity index is 1.49. The molecule has 6 rings (SSSR count). The summed E-state index contributed by atoms with van der Waals surface area (Å²) in [4.78, 5) is 40.7. The van der Waals surface area contributed by atoms with E-state index < -0.39 is 12.0 Å². The van der Waals surface area contributed by atoms with Crippen LogP contribution in [0.15, 0.2) is 75.9 Å². The Labute approximate surface area is 199 Å². The van der Waals surface area contributed by atoms with Gasteiger partial charge in [0.2, 0.25) is 12.6 Å². The van der Waals surface area contributed by atoms with Gasteiger partial charge in [0, 0.05) is 6.54 Å². The van der Waals surface area contributed by atoms with E-state index in [0.29, 0.717) is 33.6 Å². The monoisotopic (exact) mass is 469 g/mol. The molecule has 0 saturated heterocycles. The van der Waals surface area contributed by atoms with Crippen molar-refractivity contribution in [3.63, 3.8) is 0 Å². The van der Waals surface area contributed by atoms with Crippen LogP contribution in [0.2, 0.25) is 0 Å². The largest absolute Gasteiger partial charge is 0.465 e. The van der Waals surface area contributed by atoms with Gasteiger partial charge in [-0.15, -0.1) is 0 Å². The molecule has 2 aliphatic rings. The third-order valence-electron chi connectivity index (χ3n) is 6.31. The molecule has 4 aromatic rings. The highest BCUT2D eigenvalue weighted by molar-refractivity contribution is 5.99. The van der Waals surface area contributed by atoms with Gasteiger partial charge in [-0.2, -0.15) is 0 Å². The fraction of sp³-hybridized carbons (Fsp3) is 0.148. The lowest BCUT2D eigenvalue weighted by atomic mass is 9.97. The molecule has 0 N–H and O–H groups in total. The predicted molar refractivity (Wildman–Crippen MR) is 125 cm³/mol. The number of amides is 1. The second kappa shape index (κ2) is 8.02.